The summed E-state index contributed by atoms with van der Waals surface area (Å²) in [7, 11) is -2.09. The Morgan fingerprint density at radius 2 is 1.74 bits per heavy atom. The first-order chi connectivity index (χ1) is 23.5. The summed E-state index contributed by atoms with van der Waals surface area (Å²) < 4.78 is 41.3. The Labute approximate surface area is 298 Å². The number of piperidine rings is 1. The molecule has 0 spiro atoms. The Bertz CT molecular complexity index is 1550. The van der Waals surface area contributed by atoms with Crippen molar-refractivity contribution in [2.45, 2.75) is 155 Å². The fraction of sp³-hybridized carbons (Fsp3) is 0.692. The van der Waals surface area contributed by atoms with E-state index in [4.69, 9.17) is 9.16 Å². The molecule has 3 fully saturated rings. The first kappa shape index (κ1) is 38.5. The molecule has 0 bridgehead atoms. The van der Waals surface area contributed by atoms with Crippen molar-refractivity contribution in [3.05, 3.63) is 56.5 Å². The highest BCUT2D eigenvalue weighted by atomic mass is 28.4. The summed E-state index contributed by atoms with van der Waals surface area (Å²) in [5, 5.41) is 3.05. The molecule has 3 aliphatic rings. The first-order valence-electron chi connectivity index (χ1n) is 18.8. The number of alkyl halides is 2. The van der Waals surface area contributed by atoms with Crippen molar-refractivity contribution >= 4 is 19.9 Å². The monoisotopic (exact) mass is 714 g/mol. The van der Waals surface area contributed by atoms with E-state index < -0.39 is 14.2 Å². The number of anilines is 1. The number of aryl methyl sites for hydroxylation is 1. The number of amides is 1. The number of halogens is 2. The second kappa shape index (κ2) is 15.5. The average Bonchev–Trinajstić information content (AvgIpc) is 3.03. The van der Waals surface area contributed by atoms with Crippen LogP contribution in [0.1, 0.15) is 118 Å². The number of aromatic amines is 1. The normalized spacial score (nSPS) is 21.8. The van der Waals surface area contributed by atoms with Crippen molar-refractivity contribution in [2.75, 3.05) is 24.5 Å². The van der Waals surface area contributed by atoms with E-state index in [0.29, 0.717) is 48.9 Å². The Kier molecular flexibility index (Phi) is 11.9. The lowest BCUT2D eigenvalue weighted by Gasteiger charge is -2.44. The van der Waals surface area contributed by atoms with Gasteiger partial charge in [-0.2, -0.15) is 0 Å². The minimum absolute atomic E-state index is 0.0127. The van der Waals surface area contributed by atoms with E-state index in [0.717, 1.165) is 48.4 Å². The summed E-state index contributed by atoms with van der Waals surface area (Å²) in [6.45, 7) is 20.0. The van der Waals surface area contributed by atoms with Gasteiger partial charge in [-0.25, -0.2) is 8.78 Å². The second-order valence-electron chi connectivity index (χ2n) is 16.5. The number of carbonyl (C=O) groups is 1. The van der Waals surface area contributed by atoms with Crippen LogP contribution in [-0.4, -0.2) is 67.9 Å². The van der Waals surface area contributed by atoms with Gasteiger partial charge >= 0.3 is 0 Å². The maximum atomic E-state index is 14.2. The van der Waals surface area contributed by atoms with Crippen LogP contribution in [0.25, 0.3) is 0 Å². The molecule has 0 atom stereocenters. The lowest BCUT2D eigenvalue weighted by Crippen LogP contribution is -2.50. The number of aromatic nitrogens is 1. The number of hydrogen-bond acceptors (Lipinski definition) is 6. The molecule has 1 aromatic carbocycles. The number of hydrogen-bond donors (Lipinski definition) is 2. The molecule has 1 aliphatic heterocycles. The number of nitrogens with one attached hydrogen (secondary N) is 2. The maximum Gasteiger partial charge on any atom is 0.253 e. The number of pyridine rings is 1. The standard InChI is InChI=1S/C39H60F2N4O4Si/c1-9-45(29-13-15-39(40,41)16-14-29)35-23-32(49-31-20-30(21-31)44-17-11-10-12-18-44)22-33(27(35)3)36(46)42-24-34-28(19-26(2)43-37(34)47)25-48-50(7,8)38(4,5)6/h19,22-23,29-31H,9-18,20-21,24-25H2,1-8H3,(H,42,46)(H,43,47)/t30-,31-. The van der Waals surface area contributed by atoms with E-state index in [2.05, 4.69) is 54.0 Å². The van der Waals surface area contributed by atoms with Gasteiger partial charge in [0.1, 0.15) is 11.9 Å². The van der Waals surface area contributed by atoms with Crippen LogP contribution in [0.15, 0.2) is 23.0 Å². The predicted octanol–water partition coefficient (Wildman–Crippen LogP) is 8.24. The van der Waals surface area contributed by atoms with Crippen LogP contribution in [0.5, 0.6) is 5.75 Å². The topological polar surface area (TPSA) is 86.9 Å². The van der Waals surface area contributed by atoms with Crippen LogP contribution >= 0.6 is 0 Å². The molecular formula is C39H60F2N4O4Si. The van der Waals surface area contributed by atoms with Gasteiger partial charge in [0.2, 0.25) is 5.92 Å². The van der Waals surface area contributed by atoms with E-state index >= 15 is 0 Å². The minimum atomic E-state index is -2.63. The first-order valence-corrected chi connectivity index (χ1v) is 21.7. The van der Waals surface area contributed by atoms with Gasteiger partial charge in [0.05, 0.1) is 6.61 Å². The summed E-state index contributed by atoms with van der Waals surface area (Å²) in [5.74, 6) is -2.32. The van der Waals surface area contributed by atoms with E-state index in [-0.39, 0.29) is 48.0 Å². The zero-order valence-corrected chi connectivity index (χ0v) is 32.6. The highest BCUT2D eigenvalue weighted by Gasteiger charge is 2.39. The third-order valence-electron chi connectivity index (χ3n) is 11.8. The highest BCUT2D eigenvalue weighted by molar-refractivity contribution is 6.74. The van der Waals surface area contributed by atoms with Crippen molar-refractivity contribution in [1.29, 1.82) is 0 Å². The molecule has 5 rings (SSSR count). The molecule has 1 amide bonds. The van der Waals surface area contributed by atoms with Crippen LogP contribution in [0.3, 0.4) is 0 Å². The number of ether oxygens (including phenoxy) is 1. The molecule has 278 valence electrons. The van der Waals surface area contributed by atoms with Crippen molar-refractivity contribution in [1.82, 2.24) is 15.2 Å². The Morgan fingerprint density at radius 1 is 1.08 bits per heavy atom. The molecule has 50 heavy (non-hydrogen) atoms. The summed E-state index contributed by atoms with van der Waals surface area (Å²) in [4.78, 5) is 34.9. The number of H-pyrrole nitrogens is 1. The fourth-order valence-electron chi connectivity index (χ4n) is 7.49. The molecule has 8 nitrogen and oxygen atoms in total. The van der Waals surface area contributed by atoms with Crippen LogP contribution in [0.4, 0.5) is 14.5 Å². The van der Waals surface area contributed by atoms with Gasteiger partial charge in [-0.05, 0) is 101 Å². The SMILES string of the molecule is CCN(c1cc(O[C@H]2C[C@H](N3CCCCC3)C2)cc(C(=O)NCc2c(CO[Si](C)(C)C(C)(C)C)cc(C)[nH]c2=O)c1C)C1CCC(F)(F)CC1. The van der Waals surface area contributed by atoms with Crippen LogP contribution in [0.2, 0.25) is 18.1 Å². The lowest BCUT2D eigenvalue weighted by atomic mass is 9.86. The molecule has 0 unspecified atom stereocenters. The Balaban J connectivity index is 1.38. The molecular weight excluding hydrogens is 655 g/mol. The van der Waals surface area contributed by atoms with Gasteiger partial charge in [-0.3, -0.25) is 9.59 Å². The minimum Gasteiger partial charge on any atom is -0.490 e. The molecule has 2 aliphatic carbocycles. The van der Waals surface area contributed by atoms with Gasteiger partial charge in [-0.15, -0.1) is 0 Å². The van der Waals surface area contributed by atoms with Crippen LogP contribution < -0.4 is 20.5 Å². The van der Waals surface area contributed by atoms with E-state index in [9.17, 15) is 18.4 Å². The number of nitrogens with zero attached hydrogens (tertiary/aromatic N) is 2. The molecule has 2 N–H and O–H groups in total. The van der Waals surface area contributed by atoms with Crippen molar-refractivity contribution in [3.63, 3.8) is 0 Å². The van der Waals surface area contributed by atoms with Gasteiger partial charge in [-0.1, -0.05) is 27.2 Å². The Morgan fingerprint density at radius 3 is 2.36 bits per heavy atom. The number of rotatable bonds is 12. The van der Waals surface area contributed by atoms with Gasteiger partial charge in [0, 0.05) is 79.4 Å². The zero-order valence-electron chi connectivity index (χ0n) is 31.6. The number of carbonyl (C=O) groups excluding carboxylic acids is 1. The van der Waals surface area contributed by atoms with Crippen molar-refractivity contribution in [2.24, 2.45) is 0 Å². The zero-order chi connectivity index (χ0) is 36.4. The van der Waals surface area contributed by atoms with Gasteiger partial charge in [0.15, 0.2) is 8.32 Å². The van der Waals surface area contributed by atoms with Crippen molar-refractivity contribution in [3.8, 4) is 5.75 Å². The van der Waals surface area contributed by atoms with Crippen LogP contribution in [0, 0.1) is 13.8 Å². The molecule has 2 heterocycles. The summed E-state index contributed by atoms with van der Waals surface area (Å²) >= 11 is 0. The number of likely N-dealkylation sites (tertiary alicyclic amines) is 1. The third-order valence-corrected chi connectivity index (χ3v) is 16.3. The van der Waals surface area contributed by atoms with E-state index in [1.807, 2.05) is 39.0 Å². The summed E-state index contributed by atoms with van der Waals surface area (Å²) in [6, 6.07) is 6.22. The van der Waals surface area contributed by atoms with E-state index in [1.165, 1.54) is 19.3 Å². The summed E-state index contributed by atoms with van der Waals surface area (Å²) in [5.41, 5.74) is 3.82. The van der Waals surface area contributed by atoms with Gasteiger partial charge in [0.25, 0.3) is 11.5 Å². The van der Waals surface area contributed by atoms with E-state index in [1.54, 1.807) is 0 Å². The molecule has 2 saturated carbocycles. The molecule has 1 saturated heterocycles. The average molecular weight is 715 g/mol. The summed E-state index contributed by atoms with van der Waals surface area (Å²) in [6.07, 6.45) is 6.29. The quantitative estimate of drug-likeness (QED) is 0.216. The second-order valence-corrected chi connectivity index (χ2v) is 21.3. The fourth-order valence-corrected chi connectivity index (χ4v) is 8.44. The molecule has 11 heteroatoms. The Hall–Kier alpha value is -2.76. The predicted molar refractivity (Wildman–Crippen MR) is 199 cm³/mol. The number of benzene rings is 1. The van der Waals surface area contributed by atoms with Crippen molar-refractivity contribution < 1.29 is 22.7 Å². The lowest BCUT2D eigenvalue weighted by molar-refractivity contribution is -0.0380. The largest absolute Gasteiger partial charge is 0.490 e. The molecule has 2 aromatic rings. The smallest absolute Gasteiger partial charge is 0.253 e. The maximum absolute atomic E-state index is 14.2. The van der Waals surface area contributed by atoms with Crippen LogP contribution in [-0.2, 0) is 17.6 Å². The molecule has 1 aromatic heterocycles. The highest BCUT2D eigenvalue weighted by Crippen LogP contribution is 2.40. The van der Waals surface area contributed by atoms with Gasteiger partial charge < -0.3 is 29.3 Å². The third kappa shape index (κ3) is 8.99. The molecule has 0 radical (unpaired) electrons.